The van der Waals surface area contributed by atoms with Gasteiger partial charge in [-0.15, -0.1) is 0 Å². The van der Waals surface area contributed by atoms with Crippen molar-refractivity contribution in [3.63, 3.8) is 0 Å². The second-order valence-corrected chi connectivity index (χ2v) is 4.51. The van der Waals surface area contributed by atoms with E-state index in [1.165, 1.54) is 38.1 Å². The molecule has 0 unspecified atom stereocenters. The van der Waals surface area contributed by atoms with Gasteiger partial charge in [-0.3, -0.25) is 4.31 Å². The Balaban J connectivity index is 2.09. The highest BCUT2D eigenvalue weighted by molar-refractivity contribution is 7.97. The zero-order valence-corrected chi connectivity index (χ0v) is 8.99. The lowest BCUT2D eigenvalue weighted by molar-refractivity contribution is 0.319. The van der Waals surface area contributed by atoms with E-state index < -0.39 is 0 Å². The summed E-state index contributed by atoms with van der Waals surface area (Å²) in [5.41, 5.74) is 0. The van der Waals surface area contributed by atoms with Crippen LogP contribution >= 0.6 is 11.9 Å². The summed E-state index contributed by atoms with van der Waals surface area (Å²) < 4.78 is 2.51. The van der Waals surface area contributed by atoms with Crippen molar-refractivity contribution in [2.24, 2.45) is 0 Å². The number of piperidine rings is 1. The monoisotopic (exact) mass is 188 g/mol. The van der Waals surface area contributed by atoms with E-state index in [0.29, 0.717) is 0 Å². The van der Waals surface area contributed by atoms with E-state index in [4.69, 9.17) is 0 Å². The Morgan fingerprint density at radius 3 is 2.58 bits per heavy atom. The predicted molar refractivity (Wildman–Crippen MR) is 56.4 cm³/mol. The molecule has 0 aromatic carbocycles. The molecule has 1 aliphatic rings. The Bertz CT molecular complexity index is 111. The van der Waals surface area contributed by atoms with Crippen LogP contribution < -0.4 is 5.32 Å². The second kappa shape index (κ2) is 5.84. The molecule has 12 heavy (non-hydrogen) atoms. The van der Waals surface area contributed by atoms with E-state index in [1.54, 1.807) is 0 Å². The van der Waals surface area contributed by atoms with Gasteiger partial charge in [0.15, 0.2) is 0 Å². The number of hydrogen-bond acceptors (Lipinski definition) is 3. The lowest BCUT2D eigenvalue weighted by Crippen LogP contribution is -2.38. The van der Waals surface area contributed by atoms with Gasteiger partial charge in [0.05, 0.1) is 0 Å². The van der Waals surface area contributed by atoms with E-state index in [2.05, 4.69) is 23.6 Å². The Hall–Kier alpha value is 0.270. The highest BCUT2D eigenvalue weighted by Gasteiger charge is 2.16. The summed E-state index contributed by atoms with van der Waals surface area (Å²) in [6.07, 6.45) is 3.91. The molecule has 1 fully saturated rings. The quantitative estimate of drug-likeness (QED) is 0.676. The molecule has 1 saturated heterocycles. The van der Waals surface area contributed by atoms with Crippen LogP contribution in [-0.4, -0.2) is 36.2 Å². The van der Waals surface area contributed by atoms with Gasteiger partial charge in [0.1, 0.15) is 0 Å². The molecule has 1 heterocycles. The first-order valence-corrected chi connectivity index (χ1v) is 5.86. The summed E-state index contributed by atoms with van der Waals surface area (Å²) in [5, 5.41) is 3.34. The summed E-state index contributed by atoms with van der Waals surface area (Å²) in [5.74, 6) is 1.28. The van der Waals surface area contributed by atoms with Crippen molar-refractivity contribution in [1.82, 2.24) is 9.62 Å². The lowest BCUT2D eigenvalue weighted by Gasteiger charge is -2.30. The van der Waals surface area contributed by atoms with Gasteiger partial charge in [-0.05, 0) is 26.3 Å². The van der Waals surface area contributed by atoms with Gasteiger partial charge in [-0.1, -0.05) is 18.9 Å². The molecule has 3 heteroatoms. The van der Waals surface area contributed by atoms with Gasteiger partial charge in [0.2, 0.25) is 0 Å². The van der Waals surface area contributed by atoms with Crippen molar-refractivity contribution >= 4 is 11.9 Å². The first-order chi connectivity index (χ1) is 5.86. The van der Waals surface area contributed by atoms with Crippen LogP contribution in [0, 0.1) is 0 Å². The molecule has 0 spiro atoms. The molecule has 0 amide bonds. The van der Waals surface area contributed by atoms with E-state index in [9.17, 15) is 0 Å². The number of nitrogens with zero attached hydrogens (tertiary/aromatic N) is 1. The average Bonchev–Trinajstić information content (AvgIpc) is 2.15. The van der Waals surface area contributed by atoms with Crippen molar-refractivity contribution < 1.29 is 0 Å². The Morgan fingerprint density at radius 2 is 2.08 bits per heavy atom. The van der Waals surface area contributed by atoms with Gasteiger partial charge in [0, 0.05) is 24.9 Å². The first-order valence-electron chi connectivity index (χ1n) is 4.92. The third-order valence-electron chi connectivity index (χ3n) is 2.34. The fraction of sp³-hybridized carbons (Fsp3) is 1.00. The minimum Gasteiger partial charge on any atom is -0.317 e. The maximum atomic E-state index is 3.34. The third kappa shape index (κ3) is 3.33. The van der Waals surface area contributed by atoms with Crippen LogP contribution in [0.25, 0.3) is 0 Å². The molecule has 1 rings (SSSR count). The van der Waals surface area contributed by atoms with Crippen LogP contribution in [0.3, 0.4) is 0 Å². The SMILES string of the molecule is CCCSN1CCC(NC)CC1. The van der Waals surface area contributed by atoms with E-state index >= 15 is 0 Å². The van der Waals surface area contributed by atoms with Gasteiger partial charge in [-0.25, -0.2) is 0 Å². The Kier molecular flexibility index (Phi) is 5.04. The average molecular weight is 188 g/mol. The summed E-state index contributed by atoms with van der Waals surface area (Å²) in [7, 11) is 2.07. The van der Waals surface area contributed by atoms with E-state index in [0.717, 1.165) is 6.04 Å². The highest BCUT2D eigenvalue weighted by atomic mass is 32.2. The van der Waals surface area contributed by atoms with Crippen molar-refractivity contribution in [3.8, 4) is 0 Å². The summed E-state index contributed by atoms with van der Waals surface area (Å²) in [6, 6.07) is 0.767. The van der Waals surface area contributed by atoms with E-state index in [1.807, 2.05) is 11.9 Å². The molecular formula is C9H20N2S. The molecule has 0 bridgehead atoms. The van der Waals surface area contributed by atoms with Crippen LogP contribution in [0.5, 0.6) is 0 Å². The van der Waals surface area contributed by atoms with Gasteiger partial charge in [-0.2, -0.15) is 0 Å². The smallest absolute Gasteiger partial charge is 0.0104 e. The lowest BCUT2D eigenvalue weighted by atomic mass is 10.1. The normalized spacial score (nSPS) is 21.5. The van der Waals surface area contributed by atoms with Crippen molar-refractivity contribution in [2.45, 2.75) is 32.2 Å². The topological polar surface area (TPSA) is 15.3 Å². The van der Waals surface area contributed by atoms with Crippen LogP contribution in [0.15, 0.2) is 0 Å². The molecule has 72 valence electrons. The Labute approximate surface area is 80.2 Å². The molecule has 0 aliphatic carbocycles. The molecule has 0 aromatic heterocycles. The maximum absolute atomic E-state index is 3.34. The Morgan fingerprint density at radius 1 is 1.42 bits per heavy atom. The van der Waals surface area contributed by atoms with Gasteiger partial charge < -0.3 is 5.32 Å². The summed E-state index contributed by atoms with van der Waals surface area (Å²) >= 11 is 2.02. The van der Waals surface area contributed by atoms with Crippen LogP contribution in [0.2, 0.25) is 0 Å². The zero-order valence-electron chi connectivity index (χ0n) is 8.18. The number of nitrogens with one attached hydrogen (secondary N) is 1. The number of hydrogen-bond donors (Lipinski definition) is 1. The molecule has 0 saturated carbocycles. The third-order valence-corrected chi connectivity index (χ3v) is 3.66. The van der Waals surface area contributed by atoms with Crippen LogP contribution in [-0.2, 0) is 0 Å². The molecule has 0 radical (unpaired) electrons. The standard InChI is InChI=1S/C9H20N2S/c1-3-8-12-11-6-4-9(10-2)5-7-11/h9-10H,3-8H2,1-2H3. The van der Waals surface area contributed by atoms with Crippen molar-refractivity contribution in [2.75, 3.05) is 25.9 Å². The highest BCUT2D eigenvalue weighted by Crippen LogP contribution is 2.18. The first kappa shape index (κ1) is 10.4. The zero-order chi connectivity index (χ0) is 8.81. The maximum Gasteiger partial charge on any atom is 0.0104 e. The molecular weight excluding hydrogens is 168 g/mol. The van der Waals surface area contributed by atoms with Crippen LogP contribution in [0.4, 0.5) is 0 Å². The van der Waals surface area contributed by atoms with Crippen molar-refractivity contribution in [1.29, 1.82) is 0 Å². The fourth-order valence-corrected chi connectivity index (χ4v) is 2.40. The molecule has 0 aromatic rings. The minimum absolute atomic E-state index is 0.767. The largest absolute Gasteiger partial charge is 0.317 e. The second-order valence-electron chi connectivity index (χ2n) is 3.33. The van der Waals surface area contributed by atoms with Gasteiger partial charge in [0.25, 0.3) is 0 Å². The predicted octanol–water partition coefficient (Wildman–Crippen LogP) is 1.73. The summed E-state index contributed by atoms with van der Waals surface area (Å²) in [6.45, 7) is 4.76. The van der Waals surface area contributed by atoms with E-state index in [-0.39, 0.29) is 0 Å². The van der Waals surface area contributed by atoms with Crippen LogP contribution in [0.1, 0.15) is 26.2 Å². The fourth-order valence-electron chi connectivity index (χ4n) is 1.49. The molecule has 0 atom stereocenters. The molecule has 2 nitrogen and oxygen atoms in total. The molecule has 1 N–H and O–H groups in total. The van der Waals surface area contributed by atoms with Crippen molar-refractivity contribution in [3.05, 3.63) is 0 Å². The van der Waals surface area contributed by atoms with Gasteiger partial charge >= 0.3 is 0 Å². The summed E-state index contributed by atoms with van der Waals surface area (Å²) in [4.78, 5) is 0. The minimum atomic E-state index is 0.767. The molecule has 1 aliphatic heterocycles. The number of rotatable bonds is 4.